The number of hydrogen-bond donors (Lipinski definition) is 1. The molecule has 296 valence electrons. The molecule has 1 aliphatic rings. The number of nitrogens with one attached hydrogen (secondary N) is 1. The van der Waals surface area contributed by atoms with E-state index in [4.69, 9.17) is 18.9 Å². The lowest BCUT2D eigenvalue weighted by molar-refractivity contribution is -0.0652. The maximum atomic E-state index is 15.0. The van der Waals surface area contributed by atoms with Gasteiger partial charge in [0, 0.05) is 85.1 Å². The zero-order valence-electron chi connectivity index (χ0n) is 31.1. The number of alkyl halides is 2. The third-order valence-corrected chi connectivity index (χ3v) is 11.3. The van der Waals surface area contributed by atoms with E-state index in [1.807, 2.05) is 0 Å². The average molecular weight is 798 g/mol. The molecule has 3 aromatic carbocycles. The molecule has 0 spiro atoms. The lowest BCUT2D eigenvalue weighted by atomic mass is 9.95. The quantitative estimate of drug-likeness (QED) is 0.124. The number of amides is 1. The van der Waals surface area contributed by atoms with Crippen LogP contribution in [0.15, 0.2) is 78.0 Å². The number of rotatable bonds is 13. The highest BCUT2D eigenvalue weighted by Gasteiger charge is 2.42. The van der Waals surface area contributed by atoms with Gasteiger partial charge in [0.05, 0.1) is 39.5 Å². The number of sulfonamides is 1. The Morgan fingerprint density at radius 1 is 0.893 bits per heavy atom. The maximum absolute atomic E-state index is 15.0. The van der Waals surface area contributed by atoms with Gasteiger partial charge < -0.3 is 29.2 Å². The molecule has 17 heteroatoms. The van der Waals surface area contributed by atoms with E-state index in [1.165, 1.54) is 58.6 Å². The largest absolute Gasteiger partial charge is 0.497 e. The van der Waals surface area contributed by atoms with Gasteiger partial charge in [-0.2, -0.15) is 4.31 Å². The van der Waals surface area contributed by atoms with Gasteiger partial charge >= 0.3 is 0 Å². The predicted octanol–water partition coefficient (Wildman–Crippen LogP) is 7.07. The first-order chi connectivity index (χ1) is 26.7. The fourth-order valence-corrected chi connectivity index (χ4v) is 7.74. The van der Waals surface area contributed by atoms with E-state index in [0.29, 0.717) is 34.1 Å². The number of piperidine rings is 1. The predicted molar refractivity (Wildman–Crippen MR) is 200 cm³/mol. The summed E-state index contributed by atoms with van der Waals surface area (Å²) in [5.41, 5.74) is 0.759. The van der Waals surface area contributed by atoms with Gasteiger partial charge in [-0.1, -0.05) is 19.1 Å². The fraction of sp³-hybridized carbons (Fsp3) is 0.308. The van der Waals surface area contributed by atoms with E-state index in [0.717, 1.165) is 22.5 Å². The summed E-state index contributed by atoms with van der Waals surface area (Å²) in [4.78, 5) is 24.0. The van der Waals surface area contributed by atoms with Gasteiger partial charge in [0.25, 0.3) is 21.9 Å². The number of aromatic nitrogens is 2. The van der Waals surface area contributed by atoms with Crippen molar-refractivity contribution in [3.8, 4) is 23.0 Å². The molecule has 6 rings (SSSR count). The van der Waals surface area contributed by atoms with Crippen LogP contribution in [0, 0.1) is 17.6 Å². The summed E-state index contributed by atoms with van der Waals surface area (Å²) in [5.74, 6) is -5.63. The lowest BCUT2D eigenvalue weighted by Crippen LogP contribution is -2.46. The van der Waals surface area contributed by atoms with Gasteiger partial charge in [-0.25, -0.2) is 35.9 Å². The van der Waals surface area contributed by atoms with Crippen LogP contribution in [0.3, 0.4) is 0 Å². The van der Waals surface area contributed by atoms with Crippen molar-refractivity contribution in [1.29, 1.82) is 0 Å². The van der Waals surface area contributed by atoms with Crippen molar-refractivity contribution >= 4 is 38.3 Å². The normalized spacial score (nSPS) is 15.5. The number of pyridine rings is 2. The monoisotopic (exact) mass is 797 g/mol. The van der Waals surface area contributed by atoms with Crippen LogP contribution in [0.4, 0.5) is 29.1 Å². The number of carbonyl (C=O) groups excluding carboxylic acids is 1. The number of methoxy groups -OCH3 is 4. The molecular formula is C39H39F4N5O7S. The van der Waals surface area contributed by atoms with Gasteiger partial charge in [-0.3, -0.25) is 4.79 Å². The van der Waals surface area contributed by atoms with Crippen LogP contribution in [0.5, 0.6) is 23.0 Å². The van der Waals surface area contributed by atoms with Gasteiger partial charge in [-0.05, 0) is 36.4 Å². The molecule has 0 aliphatic carbocycles. The number of nitrogens with zero attached hydrogens (tertiary/aromatic N) is 4. The molecule has 1 N–H and O–H groups in total. The standard InChI is InChI=1S/C39H39F4N5O7S/c1-23-20-47(15-13-39(23,42)43)37-30(19-29-32(46-37)11-10-31(40)36(29)41)38(49)45-26-12-14-44-35(16-26)56(50,51)48(21-24-6-8-27(52-2)17-33(24)54-4)22-25-7-9-28(53-3)18-34(25)55-5/h6-12,14,16-19,23H,13,15,20-22H2,1-5H3,(H,44,45,49). The van der Waals surface area contributed by atoms with E-state index in [1.54, 1.807) is 36.4 Å². The molecule has 2 aromatic heterocycles. The minimum Gasteiger partial charge on any atom is -0.497 e. The van der Waals surface area contributed by atoms with E-state index in [-0.39, 0.29) is 54.2 Å². The first-order valence-corrected chi connectivity index (χ1v) is 18.7. The third-order valence-electron chi connectivity index (χ3n) is 9.62. The second-order valence-corrected chi connectivity index (χ2v) is 15.0. The summed E-state index contributed by atoms with van der Waals surface area (Å²) >= 11 is 0. The Hall–Kier alpha value is -5.68. The first-order valence-electron chi connectivity index (χ1n) is 17.3. The van der Waals surface area contributed by atoms with Crippen molar-refractivity contribution in [2.75, 3.05) is 51.7 Å². The molecule has 1 aliphatic heterocycles. The van der Waals surface area contributed by atoms with E-state index < -0.39 is 50.9 Å². The van der Waals surface area contributed by atoms with E-state index in [2.05, 4.69) is 15.3 Å². The van der Waals surface area contributed by atoms with Crippen molar-refractivity contribution in [1.82, 2.24) is 14.3 Å². The molecule has 0 saturated carbocycles. The molecule has 0 bridgehead atoms. The maximum Gasteiger partial charge on any atom is 0.261 e. The summed E-state index contributed by atoms with van der Waals surface area (Å²) < 4.78 is 110. The Kier molecular flexibility index (Phi) is 11.6. The topological polar surface area (TPSA) is 132 Å². The zero-order valence-corrected chi connectivity index (χ0v) is 31.9. The Labute approximate surface area is 321 Å². The van der Waals surface area contributed by atoms with Gasteiger partial charge in [0.2, 0.25) is 0 Å². The Bertz CT molecular complexity index is 2330. The third kappa shape index (κ3) is 8.14. The molecule has 1 atom stereocenters. The molecule has 56 heavy (non-hydrogen) atoms. The van der Waals surface area contributed by atoms with Crippen molar-refractivity contribution in [2.24, 2.45) is 5.92 Å². The average Bonchev–Trinajstić information content (AvgIpc) is 3.19. The highest BCUT2D eigenvalue weighted by molar-refractivity contribution is 7.89. The smallest absolute Gasteiger partial charge is 0.261 e. The number of halogens is 4. The van der Waals surface area contributed by atoms with Crippen LogP contribution in [0.2, 0.25) is 0 Å². The van der Waals surface area contributed by atoms with Crippen molar-refractivity contribution in [3.63, 3.8) is 0 Å². The summed E-state index contributed by atoms with van der Waals surface area (Å²) in [5, 5.41) is 1.88. The van der Waals surface area contributed by atoms with Crippen LogP contribution in [0.1, 0.15) is 34.8 Å². The SMILES string of the molecule is COc1ccc(CN(Cc2ccc(OC)cc2OC)S(=O)(=O)c2cc(NC(=O)c3cc4c(F)c(F)ccc4nc3N3CCC(F)(F)C(C)C3)ccn2)c(OC)c1. The molecule has 1 unspecified atom stereocenters. The highest BCUT2D eigenvalue weighted by atomic mass is 32.2. The summed E-state index contributed by atoms with van der Waals surface area (Å²) in [7, 11) is 1.40. The molecule has 1 fully saturated rings. The molecule has 12 nitrogen and oxygen atoms in total. The molecular weight excluding hydrogens is 759 g/mol. The number of hydrogen-bond acceptors (Lipinski definition) is 10. The lowest BCUT2D eigenvalue weighted by Gasteiger charge is -2.38. The molecule has 0 radical (unpaired) electrons. The van der Waals surface area contributed by atoms with Crippen LogP contribution in [-0.4, -0.2) is 76.0 Å². The van der Waals surface area contributed by atoms with Crippen molar-refractivity contribution in [3.05, 3.63) is 101 Å². The zero-order chi connectivity index (χ0) is 40.4. The fourth-order valence-electron chi connectivity index (χ4n) is 6.39. The van der Waals surface area contributed by atoms with Gasteiger partial charge in [0.15, 0.2) is 16.7 Å². The van der Waals surface area contributed by atoms with Crippen molar-refractivity contribution in [2.45, 2.75) is 37.4 Å². The second kappa shape index (κ2) is 16.2. The van der Waals surface area contributed by atoms with Crippen LogP contribution < -0.4 is 29.2 Å². The minimum absolute atomic E-state index is 0.0137. The minimum atomic E-state index is -4.47. The summed E-state index contributed by atoms with van der Waals surface area (Å²) in [6.07, 6.45) is 0.672. The van der Waals surface area contributed by atoms with Crippen LogP contribution in [-0.2, 0) is 23.1 Å². The molecule has 3 heterocycles. The second-order valence-electron chi connectivity index (χ2n) is 13.1. The number of carbonyl (C=O) groups is 1. The Morgan fingerprint density at radius 3 is 2.09 bits per heavy atom. The van der Waals surface area contributed by atoms with Crippen molar-refractivity contribution < 1.29 is 49.7 Å². The highest BCUT2D eigenvalue weighted by Crippen LogP contribution is 2.37. The molecule has 5 aromatic rings. The van der Waals surface area contributed by atoms with Gasteiger partial charge in [0.1, 0.15) is 28.8 Å². The summed E-state index contributed by atoms with van der Waals surface area (Å²) in [6, 6.07) is 15.6. The van der Waals surface area contributed by atoms with Crippen LogP contribution >= 0.6 is 0 Å². The number of fused-ring (bicyclic) bond motifs is 1. The van der Waals surface area contributed by atoms with E-state index >= 15 is 0 Å². The van der Waals surface area contributed by atoms with E-state index in [9.17, 15) is 30.8 Å². The van der Waals surface area contributed by atoms with Crippen LogP contribution in [0.25, 0.3) is 10.9 Å². The number of benzene rings is 3. The number of ether oxygens (including phenoxy) is 4. The first kappa shape index (κ1) is 40.0. The number of anilines is 2. The van der Waals surface area contributed by atoms with Gasteiger partial charge in [-0.15, -0.1) is 0 Å². The molecule has 1 saturated heterocycles. The molecule has 1 amide bonds. The Morgan fingerprint density at radius 2 is 1.52 bits per heavy atom. The summed E-state index contributed by atoms with van der Waals surface area (Å²) in [6.45, 7) is 0.667. The Balaban J connectivity index is 1.37.